The van der Waals surface area contributed by atoms with Crippen LogP contribution in [0.15, 0.2) is 36.4 Å². The Morgan fingerprint density at radius 2 is 2.11 bits per heavy atom. The fraction of sp³-hybridized carbons (Fsp3) is 0.222. The number of hydrogen-bond acceptors (Lipinski definition) is 6. The van der Waals surface area contributed by atoms with Gasteiger partial charge in [-0.25, -0.2) is 4.79 Å². The maximum Gasteiger partial charge on any atom is 0.338 e. The van der Waals surface area contributed by atoms with Gasteiger partial charge in [-0.3, -0.25) is 13.6 Å². The Labute approximate surface area is 163 Å². The molecular formula is C18H18N3O4S2-. The molecule has 27 heavy (non-hydrogen) atoms. The third kappa shape index (κ3) is 3.95. The lowest BCUT2D eigenvalue weighted by atomic mass is 10.2. The molecule has 3 rings (SSSR count). The van der Waals surface area contributed by atoms with Gasteiger partial charge < -0.3 is 9.29 Å². The second-order valence-corrected chi connectivity index (χ2v) is 7.60. The van der Waals surface area contributed by atoms with Crippen LogP contribution in [-0.4, -0.2) is 31.5 Å². The van der Waals surface area contributed by atoms with Crippen molar-refractivity contribution in [2.75, 3.05) is 10.9 Å². The van der Waals surface area contributed by atoms with Gasteiger partial charge in [0.1, 0.15) is 10.7 Å². The molecule has 0 aliphatic carbocycles. The van der Waals surface area contributed by atoms with Crippen LogP contribution >= 0.6 is 11.3 Å². The summed E-state index contributed by atoms with van der Waals surface area (Å²) >= 11 is -1.26. The number of aryl methyl sites for hydroxylation is 1. The van der Waals surface area contributed by atoms with E-state index in [4.69, 9.17) is 4.74 Å². The van der Waals surface area contributed by atoms with Crippen molar-refractivity contribution in [3.8, 4) is 10.6 Å². The molecule has 3 aromatic rings. The number of rotatable bonds is 6. The topological polar surface area (TPSA) is 98.3 Å². The zero-order valence-corrected chi connectivity index (χ0v) is 16.6. The Bertz CT molecular complexity index is 996. The van der Waals surface area contributed by atoms with Crippen molar-refractivity contribution < 1.29 is 18.3 Å². The van der Waals surface area contributed by atoms with Crippen molar-refractivity contribution in [1.29, 1.82) is 0 Å². The molecular weight excluding hydrogens is 386 g/mol. The highest BCUT2D eigenvalue weighted by atomic mass is 32.2. The largest absolute Gasteiger partial charge is 0.755 e. The highest BCUT2D eigenvalue weighted by Gasteiger charge is 2.18. The van der Waals surface area contributed by atoms with Crippen LogP contribution in [0.1, 0.15) is 28.5 Å². The van der Waals surface area contributed by atoms with Crippen LogP contribution in [-0.2, 0) is 16.0 Å². The summed E-state index contributed by atoms with van der Waals surface area (Å²) in [5, 5.41) is 7.71. The number of aromatic amines is 1. The first-order chi connectivity index (χ1) is 12.9. The van der Waals surface area contributed by atoms with Gasteiger partial charge in [-0.2, -0.15) is 5.10 Å². The Morgan fingerprint density at radius 3 is 2.74 bits per heavy atom. The monoisotopic (exact) mass is 404 g/mol. The summed E-state index contributed by atoms with van der Waals surface area (Å²) in [7, 11) is 0. The predicted octanol–water partition coefficient (Wildman–Crippen LogP) is 3.86. The van der Waals surface area contributed by atoms with Crippen molar-refractivity contribution >= 4 is 39.3 Å². The quantitative estimate of drug-likeness (QED) is 0.497. The van der Waals surface area contributed by atoms with E-state index in [0.29, 0.717) is 16.3 Å². The van der Waals surface area contributed by atoms with Gasteiger partial charge in [-0.05, 0) is 56.7 Å². The molecule has 0 radical (unpaired) electrons. The number of thiophene rings is 1. The highest BCUT2D eigenvalue weighted by Crippen LogP contribution is 2.38. The molecule has 0 bridgehead atoms. The molecule has 9 heteroatoms. The SMILES string of the molecule is CCOC(=O)c1cccc(N(c2ccc(-c3n[nH]c(C)c3C)s2)S(=O)[O-])c1. The number of carbonyl (C=O) groups excluding carboxylic acids is 1. The first kappa shape index (κ1) is 19.3. The Kier molecular flexibility index (Phi) is 5.73. The summed E-state index contributed by atoms with van der Waals surface area (Å²) in [6.07, 6.45) is 0. The smallest absolute Gasteiger partial charge is 0.338 e. The summed E-state index contributed by atoms with van der Waals surface area (Å²) in [5.74, 6) is -0.495. The zero-order valence-electron chi connectivity index (χ0n) is 15.0. The van der Waals surface area contributed by atoms with Gasteiger partial charge in [0.2, 0.25) is 0 Å². The van der Waals surface area contributed by atoms with Gasteiger partial charge in [0.05, 0.1) is 34.0 Å². The van der Waals surface area contributed by atoms with E-state index in [2.05, 4.69) is 10.2 Å². The van der Waals surface area contributed by atoms with Crippen LogP contribution in [0.2, 0.25) is 0 Å². The molecule has 2 heterocycles. The summed E-state index contributed by atoms with van der Waals surface area (Å²) in [6, 6.07) is 9.88. The Balaban J connectivity index is 1.98. The van der Waals surface area contributed by atoms with Gasteiger partial charge >= 0.3 is 5.97 Å². The normalized spacial score (nSPS) is 12.0. The van der Waals surface area contributed by atoms with Gasteiger partial charge in [0, 0.05) is 5.69 Å². The number of aromatic nitrogens is 2. The standard InChI is InChI=1S/C18H19N3O4S2/c1-4-25-18(22)13-6-5-7-14(10-13)21(27(23)24)16-9-8-15(26-16)17-11(2)12(3)19-20-17/h5-10H,4H2,1-3H3,(H,19,20)(H,23,24)/p-1. The number of H-pyrrole nitrogens is 1. The molecule has 1 unspecified atom stereocenters. The van der Waals surface area contributed by atoms with E-state index in [1.165, 1.54) is 17.4 Å². The van der Waals surface area contributed by atoms with Gasteiger partial charge in [-0.1, -0.05) is 6.07 Å². The van der Waals surface area contributed by atoms with Gasteiger partial charge in [0.15, 0.2) is 0 Å². The van der Waals surface area contributed by atoms with Crippen molar-refractivity contribution in [3.63, 3.8) is 0 Å². The van der Waals surface area contributed by atoms with Gasteiger partial charge in [-0.15, -0.1) is 11.3 Å². The fourth-order valence-corrected chi connectivity index (χ4v) is 4.32. The van der Waals surface area contributed by atoms with E-state index in [1.807, 2.05) is 19.9 Å². The molecule has 1 N–H and O–H groups in total. The molecule has 0 saturated heterocycles. The minimum Gasteiger partial charge on any atom is -0.755 e. The number of nitrogens with one attached hydrogen (secondary N) is 1. The van der Waals surface area contributed by atoms with Crippen LogP contribution in [0.25, 0.3) is 10.6 Å². The van der Waals surface area contributed by atoms with Crippen molar-refractivity contribution in [1.82, 2.24) is 10.2 Å². The second kappa shape index (κ2) is 8.03. The Morgan fingerprint density at radius 1 is 1.33 bits per heavy atom. The maximum absolute atomic E-state index is 12.0. The van der Waals surface area contributed by atoms with E-state index < -0.39 is 17.2 Å². The average molecular weight is 404 g/mol. The third-order valence-electron chi connectivity index (χ3n) is 4.02. The van der Waals surface area contributed by atoms with E-state index in [9.17, 15) is 13.6 Å². The lowest BCUT2D eigenvalue weighted by Crippen LogP contribution is -2.19. The molecule has 1 atom stereocenters. The average Bonchev–Trinajstić information content (AvgIpc) is 3.23. The van der Waals surface area contributed by atoms with E-state index in [0.717, 1.165) is 26.1 Å². The molecule has 1 aromatic carbocycles. The van der Waals surface area contributed by atoms with Gasteiger partial charge in [0.25, 0.3) is 0 Å². The number of benzene rings is 1. The minimum absolute atomic E-state index is 0.247. The number of nitrogens with zero attached hydrogens (tertiary/aromatic N) is 2. The number of anilines is 2. The summed E-state index contributed by atoms with van der Waals surface area (Å²) in [6.45, 7) is 5.85. The van der Waals surface area contributed by atoms with Crippen LogP contribution in [0.3, 0.4) is 0 Å². The number of esters is 1. The third-order valence-corrected chi connectivity index (χ3v) is 5.92. The molecule has 0 aliphatic heterocycles. The van der Waals surface area contributed by atoms with Crippen molar-refractivity contribution in [3.05, 3.63) is 53.2 Å². The predicted molar refractivity (Wildman–Crippen MR) is 105 cm³/mol. The van der Waals surface area contributed by atoms with E-state index in [1.54, 1.807) is 31.2 Å². The minimum atomic E-state index is -2.56. The number of hydrogen-bond donors (Lipinski definition) is 1. The fourth-order valence-electron chi connectivity index (χ4n) is 2.55. The molecule has 0 fully saturated rings. The Hall–Kier alpha value is -2.49. The molecule has 7 nitrogen and oxygen atoms in total. The van der Waals surface area contributed by atoms with Crippen molar-refractivity contribution in [2.45, 2.75) is 20.8 Å². The molecule has 0 saturated carbocycles. The van der Waals surface area contributed by atoms with Crippen LogP contribution in [0.5, 0.6) is 0 Å². The first-order valence-corrected chi connectivity index (χ1v) is 10.1. The number of ether oxygens (including phenoxy) is 1. The zero-order chi connectivity index (χ0) is 19.6. The molecule has 0 amide bonds. The highest BCUT2D eigenvalue weighted by molar-refractivity contribution is 7.81. The van der Waals surface area contributed by atoms with Crippen LogP contribution in [0, 0.1) is 13.8 Å². The van der Waals surface area contributed by atoms with Crippen LogP contribution < -0.4 is 4.31 Å². The van der Waals surface area contributed by atoms with Crippen LogP contribution in [0.4, 0.5) is 10.7 Å². The number of carbonyl (C=O) groups is 1. The summed E-state index contributed by atoms with van der Waals surface area (Å²) < 4.78 is 30.0. The summed E-state index contributed by atoms with van der Waals surface area (Å²) in [5.41, 5.74) is 3.42. The first-order valence-electron chi connectivity index (χ1n) is 8.20. The lowest BCUT2D eigenvalue weighted by molar-refractivity contribution is 0.0526. The van der Waals surface area contributed by atoms with Crippen molar-refractivity contribution in [2.24, 2.45) is 0 Å². The molecule has 0 spiro atoms. The van der Waals surface area contributed by atoms with E-state index in [-0.39, 0.29) is 6.61 Å². The maximum atomic E-state index is 12.0. The molecule has 2 aromatic heterocycles. The molecule has 0 aliphatic rings. The lowest BCUT2D eigenvalue weighted by Gasteiger charge is -2.25. The second-order valence-electron chi connectivity index (χ2n) is 5.74. The summed E-state index contributed by atoms with van der Waals surface area (Å²) in [4.78, 5) is 12.8. The molecule has 142 valence electrons. The van der Waals surface area contributed by atoms with E-state index >= 15 is 0 Å².